The Labute approximate surface area is 92.9 Å². The molecule has 1 rings (SSSR count). The predicted octanol–water partition coefficient (Wildman–Crippen LogP) is 1.07. The maximum absolute atomic E-state index is 11.8. The fourth-order valence-electron chi connectivity index (χ4n) is 1.18. The highest BCUT2D eigenvalue weighted by atomic mass is 32.1. The fourth-order valence-corrected chi connectivity index (χ4v) is 1.76. The molecule has 0 saturated heterocycles. The third-order valence-electron chi connectivity index (χ3n) is 1.84. The van der Waals surface area contributed by atoms with Crippen LogP contribution in [0.4, 0.5) is 0 Å². The van der Waals surface area contributed by atoms with Crippen LogP contribution in [0.2, 0.25) is 0 Å². The van der Waals surface area contributed by atoms with Gasteiger partial charge in [0.05, 0.1) is 11.6 Å². The normalized spacial score (nSPS) is 10.0. The minimum Gasteiger partial charge on any atom is -0.395 e. The molecule has 0 aliphatic carbocycles. The Kier molecular flexibility index (Phi) is 4.45. The van der Waals surface area contributed by atoms with Gasteiger partial charge in [0.2, 0.25) is 0 Å². The van der Waals surface area contributed by atoms with E-state index in [1.807, 2.05) is 6.92 Å². The van der Waals surface area contributed by atoms with Crippen molar-refractivity contribution in [3.05, 3.63) is 28.7 Å². The van der Waals surface area contributed by atoms with E-state index in [1.165, 1.54) is 16.2 Å². The molecule has 4 nitrogen and oxygen atoms in total. The van der Waals surface area contributed by atoms with E-state index in [4.69, 9.17) is 5.11 Å². The van der Waals surface area contributed by atoms with E-state index < -0.39 is 0 Å². The van der Waals surface area contributed by atoms with Gasteiger partial charge in [-0.15, -0.1) is 17.9 Å². The number of aryl methyl sites for hydroxylation is 1. The van der Waals surface area contributed by atoms with Gasteiger partial charge in [0.25, 0.3) is 5.91 Å². The molecule has 1 heterocycles. The number of carbonyl (C=O) groups excluding carboxylic acids is 1. The Bertz CT molecular complexity index is 349. The van der Waals surface area contributed by atoms with E-state index in [-0.39, 0.29) is 12.5 Å². The van der Waals surface area contributed by atoms with Gasteiger partial charge < -0.3 is 10.0 Å². The first kappa shape index (κ1) is 11.9. The van der Waals surface area contributed by atoms with Gasteiger partial charge in [0, 0.05) is 18.5 Å². The molecule has 0 saturated carbocycles. The van der Waals surface area contributed by atoms with Crippen molar-refractivity contribution in [2.45, 2.75) is 6.92 Å². The summed E-state index contributed by atoms with van der Waals surface area (Å²) in [4.78, 5) is 17.5. The van der Waals surface area contributed by atoms with E-state index >= 15 is 0 Å². The lowest BCUT2D eigenvalue weighted by molar-refractivity contribution is 0.0737. The lowest BCUT2D eigenvalue weighted by atomic mass is 10.3. The van der Waals surface area contributed by atoms with E-state index in [0.717, 1.165) is 5.01 Å². The molecule has 1 N–H and O–H groups in total. The van der Waals surface area contributed by atoms with Crippen LogP contribution < -0.4 is 0 Å². The van der Waals surface area contributed by atoms with Crippen LogP contribution in [-0.4, -0.2) is 40.6 Å². The number of carbonyl (C=O) groups is 1. The summed E-state index contributed by atoms with van der Waals surface area (Å²) < 4.78 is 0. The average Bonchev–Trinajstić information content (AvgIpc) is 2.63. The Morgan fingerprint density at radius 1 is 1.80 bits per heavy atom. The minimum atomic E-state index is -0.159. The zero-order chi connectivity index (χ0) is 11.3. The summed E-state index contributed by atoms with van der Waals surface area (Å²) in [5.74, 6) is -0.159. The molecule has 1 aromatic heterocycles. The van der Waals surface area contributed by atoms with Gasteiger partial charge in [0.15, 0.2) is 0 Å². The molecular formula is C10H14N2O2S. The summed E-state index contributed by atoms with van der Waals surface area (Å²) >= 11 is 1.44. The second kappa shape index (κ2) is 5.63. The number of thiazole rings is 1. The summed E-state index contributed by atoms with van der Waals surface area (Å²) in [5.41, 5.74) is 0.438. The van der Waals surface area contributed by atoms with E-state index in [1.54, 1.807) is 11.5 Å². The van der Waals surface area contributed by atoms with Gasteiger partial charge in [-0.05, 0) is 6.92 Å². The first-order valence-electron chi connectivity index (χ1n) is 4.62. The Hall–Kier alpha value is -1.20. The third-order valence-corrected chi connectivity index (χ3v) is 2.62. The van der Waals surface area contributed by atoms with Gasteiger partial charge in [-0.1, -0.05) is 6.08 Å². The molecular weight excluding hydrogens is 212 g/mol. The molecule has 0 spiro atoms. The van der Waals surface area contributed by atoms with Crippen LogP contribution in [0, 0.1) is 6.92 Å². The molecule has 0 aliphatic heterocycles. The van der Waals surface area contributed by atoms with Crippen molar-refractivity contribution in [3.8, 4) is 0 Å². The smallest absolute Gasteiger partial charge is 0.273 e. The number of rotatable bonds is 5. The Balaban J connectivity index is 2.75. The zero-order valence-electron chi connectivity index (χ0n) is 8.64. The lowest BCUT2D eigenvalue weighted by Crippen LogP contribution is -2.33. The molecule has 0 fully saturated rings. The van der Waals surface area contributed by atoms with Crippen molar-refractivity contribution in [2.24, 2.45) is 0 Å². The molecule has 5 heteroatoms. The van der Waals surface area contributed by atoms with Crippen molar-refractivity contribution >= 4 is 17.2 Å². The van der Waals surface area contributed by atoms with Gasteiger partial charge >= 0.3 is 0 Å². The molecule has 0 aliphatic rings. The number of nitrogens with zero attached hydrogens (tertiary/aromatic N) is 2. The van der Waals surface area contributed by atoms with Crippen molar-refractivity contribution < 1.29 is 9.90 Å². The highest BCUT2D eigenvalue weighted by Gasteiger charge is 2.16. The summed E-state index contributed by atoms with van der Waals surface area (Å²) in [7, 11) is 0. The second-order valence-corrected chi connectivity index (χ2v) is 4.08. The third kappa shape index (κ3) is 3.14. The largest absolute Gasteiger partial charge is 0.395 e. The van der Waals surface area contributed by atoms with Crippen LogP contribution >= 0.6 is 11.3 Å². The van der Waals surface area contributed by atoms with E-state index in [9.17, 15) is 4.79 Å². The molecule has 0 unspecified atom stereocenters. The van der Waals surface area contributed by atoms with Crippen LogP contribution in [0.15, 0.2) is 18.0 Å². The highest BCUT2D eigenvalue weighted by Crippen LogP contribution is 2.10. The van der Waals surface area contributed by atoms with Gasteiger partial charge in [0.1, 0.15) is 5.69 Å². The molecule has 15 heavy (non-hydrogen) atoms. The second-order valence-electron chi connectivity index (χ2n) is 3.02. The maximum Gasteiger partial charge on any atom is 0.273 e. The van der Waals surface area contributed by atoms with Crippen LogP contribution in [0.1, 0.15) is 15.5 Å². The summed E-state index contributed by atoms with van der Waals surface area (Å²) in [5, 5.41) is 11.4. The highest BCUT2D eigenvalue weighted by molar-refractivity contribution is 7.09. The number of aliphatic hydroxyl groups is 1. The van der Waals surface area contributed by atoms with Crippen molar-refractivity contribution in [1.29, 1.82) is 0 Å². The topological polar surface area (TPSA) is 53.4 Å². The summed E-state index contributed by atoms with van der Waals surface area (Å²) in [6.07, 6.45) is 1.63. The maximum atomic E-state index is 11.8. The minimum absolute atomic E-state index is 0.0529. The number of aliphatic hydroxyl groups excluding tert-OH is 1. The fraction of sp³-hybridized carbons (Fsp3) is 0.400. The SMILES string of the molecule is C=CCN(CCO)C(=O)c1csc(C)n1. The molecule has 0 aromatic carbocycles. The predicted molar refractivity (Wildman–Crippen MR) is 60.0 cm³/mol. The zero-order valence-corrected chi connectivity index (χ0v) is 9.46. The van der Waals surface area contributed by atoms with Gasteiger partial charge in [-0.3, -0.25) is 4.79 Å². The quantitative estimate of drug-likeness (QED) is 0.764. The monoisotopic (exact) mass is 226 g/mol. The molecule has 0 bridgehead atoms. The van der Waals surface area contributed by atoms with Crippen molar-refractivity contribution in [3.63, 3.8) is 0 Å². The number of amides is 1. The Morgan fingerprint density at radius 3 is 3.00 bits per heavy atom. The first-order valence-corrected chi connectivity index (χ1v) is 5.50. The first-order chi connectivity index (χ1) is 7.19. The van der Waals surface area contributed by atoms with Crippen molar-refractivity contribution in [2.75, 3.05) is 19.7 Å². The number of aromatic nitrogens is 1. The molecule has 1 amide bonds. The van der Waals surface area contributed by atoms with Crippen LogP contribution in [-0.2, 0) is 0 Å². The standard InChI is InChI=1S/C10H14N2O2S/c1-3-4-12(5-6-13)10(14)9-7-15-8(2)11-9/h3,7,13H,1,4-6H2,2H3. The molecule has 82 valence electrons. The number of hydrogen-bond acceptors (Lipinski definition) is 4. The van der Waals surface area contributed by atoms with Gasteiger partial charge in [-0.25, -0.2) is 4.98 Å². The average molecular weight is 226 g/mol. The Morgan fingerprint density at radius 2 is 2.53 bits per heavy atom. The van der Waals surface area contributed by atoms with E-state index in [0.29, 0.717) is 18.8 Å². The summed E-state index contributed by atoms with van der Waals surface area (Å²) in [6.45, 7) is 6.10. The van der Waals surface area contributed by atoms with Crippen LogP contribution in [0.5, 0.6) is 0 Å². The van der Waals surface area contributed by atoms with Crippen molar-refractivity contribution in [1.82, 2.24) is 9.88 Å². The molecule has 0 atom stereocenters. The van der Waals surface area contributed by atoms with Gasteiger partial charge in [-0.2, -0.15) is 0 Å². The van der Waals surface area contributed by atoms with E-state index in [2.05, 4.69) is 11.6 Å². The van der Waals surface area contributed by atoms with Crippen LogP contribution in [0.3, 0.4) is 0 Å². The summed E-state index contributed by atoms with van der Waals surface area (Å²) in [6, 6.07) is 0. The van der Waals surface area contributed by atoms with Crippen LogP contribution in [0.25, 0.3) is 0 Å². The lowest BCUT2D eigenvalue weighted by Gasteiger charge is -2.18. The number of hydrogen-bond donors (Lipinski definition) is 1. The molecule has 0 radical (unpaired) electrons. The molecule has 1 aromatic rings.